The van der Waals surface area contributed by atoms with Gasteiger partial charge in [-0.15, -0.1) is 0 Å². The van der Waals surface area contributed by atoms with Gasteiger partial charge < -0.3 is 15.4 Å². The number of hydrogen-bond donors (Lipinski definition) is 2. The maximum atomic E-state index is 12.6. The first-order valence-corrected chi connectivity index (χ1v) is 11.0. The molecule has 2 aromatic rings. The van der Waals surface area contributed by atoms with Gasteiger partial charge in [0.25, 0.3) is 5.91 Å². The Kier molecular flexibility index (Phi) is 6.28. The van der Waals surface area contributed by atoms with Crippen molar-refractivity contribution in [2.45, 2.75) is 38.9 Å². The van der Waals surface area contributed by atoms with E-state index in [1.165, 1.54) is 5.56 Å². The van der Waals surface area contributed by atoms with Crippen LogP contribution in [-0.4, -0.2) is 54.8 Å². The van der Waals surface area contributed by atoms with Crippen LogP contribution in [0.5, 0.6) is 5.75 Å². The number of rotatable bonds is 6. The Morgan fingerprint density at radius 2 is 1.84 bits per heavy atom. The number of benzene rings is 2. The van der Waals surface area contributed by atoms with Gasteiger partial charge in [-0.05, 0) is 48.7 Å². The number of piperidine rings is 1. The van der Waals surface area contributed by atoms with Gasteiger partial charge in [-0.1, -0.05) is 24.3 Å². The minimum Gasteiger partial charge on any atom is -0.497 e. The summed E-state index contributed by atoms with van der Waals surface area (Å²) in [7, 11) is 1.63. The van der Waals surface area contributed by atoms with E-state index in [-0.39, 0.29) is 11.8 Å². The summed E-state index contributed by atoms with van der Waals surface area (Å²) < 4.78 is 5.15. The Hall–Kier alpha value is -3.19. The summed E-state index contributed by atoms with van der Waals surface area (Å²) in [6.07, 6.45) is 1.39. The molecular formula is C25H30N4O3. The van der Waals surface area contributed by atoms with E-state index >= 15 is 0 Å². The van der Waals surface area contributed by atoms with Crippen LogP contribution in [0, 0.1) is 13.8 Å². The normalized spacial score (nSPS) is 17.7. The van der Waals surface area contributed by atoms with Crippen molar-refractivity contribution in [3.05, 3.63) is 64.7 Å². The van der Waals surface area contributed by atoms with E-state index in [0.29, 0.717) is 44.7 Å². The number of aryl methyl sites for hydroxylation is 2. The molecule has 0 saturated carbocycles. The summed E-state index contributed by atoms with van der Waals surface area (Å²) in [5.41, 5.74) is 4.19. The lowest BCUT2D eigenvalue weighted by Gasteiger charge is -2.36. The molecule has 2 aliphatic rings. The summed E-state index contributed by atoms with van der Waals surface area (Å²) in [6, 6.07) is 13.7. The first-order chi connectivity index (χ1) is 15.4. The largest absolute Gasteiger partial charge is 0.497 e. The standard InChI is InChI=1S/C25H30N4O3/c1-17-4-7-20(14-18(17)2)23-24(31)28-25(27-23)10-12-29(13-11-25)16-22(30)26-15-19-5-8-21(32-3)9-6-19/h4-9,14H,10-13,15-16H2,1-3H3,(H,26,30)(H,28,31). The second-order valence-corrected chi connectivity index (χ2v) is 8.65. The molecule has 2 amide bonds. The van der Waals surface area contributed by atoms with Crippen LogP contribution in [0.2, 0.25) is 0 Å². The van der Waals surface area contributed by atoms with Crippen molar-refractivity contribution < 1.29 is 14.3 Å². The van der Waals surface area contributed by atoms with Gasteiger partial charge in [0.05, 0.1) is 13.7 Å². The fourth-order valence-electron chi connectivity index (χ4n) is 4.17. The molecule has 0 atom stereocenters. The third kappa shape index (κ3) is 4.83. The number of carbonyl (C=O) groups is 2. The highest BCUT2D eigenvalue weighted by atomic mass is 16.5. The summed E-state index contributed by atoms with van der Waals surface area (Å²) in [5, 5.41) is 6.07. The van der Waals surface area contributed by atoms with E-state index in [4.69, 9.17) is 9.73 Å². The third-order valence-corrected chi connectivity index (χ3v) is 6.37. The fraction of sp³-hybridized carbons (Fsp3) is 0.400. The van der Waals surface area contributed by atoms with Crippen molar-refractivity contribution in [1.82, 2.24) is 15.5 Å². The molecule has 1 fully saturated rings. The van der Waals surface area contributed by atoms with Gasteiger partial charge in [-0.25, -0.2) is 0 Å². The number of amides is 2. The Bertz CT molecular complexity index is 1040. The SMILES string of the molecule is COc1ccc(CNC(=O)CN2CCC3(CC2)N=C(c2ccc(C)c(C)c2)C(=O)N3)cc1. The van der Waals surface area contributed by atoms with E-state index in [9.17, 15) is 9.59 Å². The lowest BCUT2D eigenvalue weighted by atomic mass is 9.98. The molecule has 1 spiro atoms. The number of hydrogen-bond acceptors (Lipinski definition) is 5. The van der Waals surface area contributed by atoms with Gasteiger partial charge in [0.1, 0.15) is 17.1 Å². The predicted octanol–water partition coefficient (Wildman–Crippen LogP) is 2.34. The molecule has 0 radical (unpaired) electrons. The van der Waals surface area contributed by atoms with Crippen molar-refractivity contribution in [2.24, 2.45) is 4.99 Å². The van der Waals surface area contributed by atoms with E-state index in [1.807, 2.05) is 49.4 Å². The van der Waals surface area contributed by atoms with E-state index in [1.54, 1.807) is 7.11 Å². The van der Waals surface area contributed by atoms with E-state index in [2.05, 4.69) is 22.5 Å². The number of aliphatic imine (C=N–C) groups is 1. The molecule has 32 heavy (non-hydrogen) atoms. The summed E-state index contributed by atoms with van der Waals surface area (Å²) >= 11 is 0. The molecule has 4 rings (SSSR count). The smallest absolute Gasteiger partial charge is 0.272 e. The Morgan fingerprint density at radius 3 is 2.50 bits per heavy atom. The van der Waals surface area contributed by atoms with Gasteiger partial charge in [-0.3, -0.25) is 19.5 Å². The number of nitrogens with zero attached hydrogens (tertiary/aromatic N) is 2. The zero-order chi connectivity index (χ0) is 22.7. The highest BCUT2D eigenvalue weighted by molar-refractivity contribution is 6.46. The topological polar surface area (TPSA) is 83.0 Å². The lowest BCUT2D eigenvalue weighted by molar-refractivity contribution is -0.123. The van der Waals surface area contributed by atoms with Crippen LogP contribution in [0.15, 0.2) is 47.5 Å². The zero-order valence-corrected chi connectivity index (χ0v) is 18.9. The molecule has 1 saturated heterocycles. The first kappa shape index (κ1) is 22.0. The second-order valence-electron chi connectivity index (χ2n) is 8.65. The zero-order valence-electron chi connectivity index (χ0n) is 18.9. The number of carbonyl (C=O) groups excluding carboxylic acids is 2. The van der Waals surface area contributed by atoms with Crippen LogP contribution in [0.25, 0.3) is 0 Å². The highest BCUT2D eigenvalue weighted by Gasteiger charge is 2.42. The van der Waals surface area contributed by atoms with Gasteiger partial charge >= 0.3 is 0 Å². The molecule has 2 N–H and O–H groups in total. The molecular weight excluding hydrogens is 404 g/mol. The van der Waals surface area contributed by atoms with E-state index < -0.39 is 5.66 Å². The van der Waals surface area contributed by atoms with E-state index in [0.717, 1.165) is 22.4 Å². The molecule has 7 nitrogen and oxygen atoms in total. The predicted molar refractivity (Wildman–Crippen MR) is 124 cm³/mol. The van der Waals surface area contributed by atoms with Crippen LogP contribution in [-0.2, 0) is 16.1 Å². The second kappa shape index (κ2) is 9.12. The third-order valence-electron chi connectivity index (χ3n) is 6.37. The Morgan fingerprint density at radius 1 is 1.12 bits per heavy atom. The quantitative estimate of drug-likeness (QED) is 0.731. The lowest BCUT2D eigenvalue weighted by Crippen LogP contribution is -2.52. The Balaban J connectivity index is 1.30. The summed E-state index contributed by atoms with van der Waals surface area (Å²) in [6.45, 7) is 6.34. The molecule has 7 heteroatoms. The van der Waals surface area contributed by atoms with Crippen LogP contribution in [0.1, 0.15) is 35.1 Å². The molecule has 2 aliphatic heterocycles. The van der Waals surface area contributed by atoms with Crippen LogP contribution in [0.3, 0.4) is 0 Å². The van der Waals surface area contributed by atoms with Crippen molar-refractivity contribution in [3.8, 4) is 5.75 Å². The van der Waals surface area contributed by atoms with Crippen molar-refractivity contribution >= 4 is 17.5 Å². The highest BCUT2D eigenvalue weighted by Crippen LogP contribution is 2.29. The Labute approximate surface area is 188 Å². The summed E-state index contributed by atoms with van der Waals surface area (Å²) in [4.78, 5) is 32.0. The van der Waals surface area contributed by atoms with Gasteiger partial charge in [0, 0.05) is 38.0 Å². The molecule has 168 valence electrons. The number of likely N-dealkylation sites (tertiary alicyclic amines) is 1. The van der Waals surface area contributed by atoms with Crippen molar-refractivity contribution in [2.75, 3.05) is 26.7 Å². The maximum Gasteiger partial charge on any atom is 0.272 e. The molecule has 0 aliphatic carbocycles. The maximum absolute atomic E-state index is 12.6. The minimum absolute atomic E-state index is 0.00783. The molecule has 2 aromatic carbocycles. The van der Waals surface area contributed by atoms with Crippen molar-refractivity contribution in [3.63, 3.8) is 0 Å². The van der Waals surface area contributed by atoms with Crippen LogP contribution in [0.4, 0.5) is 0 Å². The molecule has 2 heterocycles. The average Bonchev–Trinajstić information content (AvgIpc) is 3.12. The number of methoxy groups -OCH3 is 1. The van der Waals surface area contributed by atoms with Crippen molar-refractivity contribution in [1.29, 1.82) is 0 Å². The molecule has 0 unspecified atom stereocenters. The fourth-order valence-corrected chi connectivity index (χ4v) is 4.17. The summed E-state index contributed by atoms with van der Waals surface area (Å²) in [5.74, 6) is 0.676. The van der Waals surface area contributed by atoms with Gasteiger partial charge in [0.15, 0.2) is 0 Å². The monoisotopic (exact) mass is 434 g/mol. The van der Waals surface area contributed by atoms with Gasteiger partial charge in [0.2, 0.25) is 5.91 Å². The minimum atomic E-state index is -0.554. The van der Waals surface area contributed by atoms with Gasteiger partial charge in [-0.2, -0.15) is 0 Å². The number of ether oxygens (including phenoxy) is 1. The first-order valence-electron chi connectivity index (χ1n) is 11.0. The van der Waals surface area contributed by atoms with Crippen LogP contribution < -0.4 is 15.4 Å². The van der Waals surface area contributed by atoms with Crippen LogP contribution >= 0.6 is 0 Å². The average molecular weight is 435 g/mol. The molecule has 0 bridgehead atoms. The number of nitrogens with one attached hydrogen (secondary N) is 2. The molecule has 0 aromatic heterocycles.